The van der Waals surface area contributed by atoms with Crippen LogP contribution in [0.3, 0.4) is 0 Å². The molecule has 0 aliphatic rings. The summed E-state index contributed by atoms with van der Waals surface area (Å²) in [5.74, 6) is 0.553. The maximum atomic E-state index is 12.1. The molecule has 2 aromatic rings. The van der Waals surface area contributed by atoms with E-state index in [9.17, 15) is 4.79 Å². The number of carbonyl (C=O) groups is 1. The van der Waals surface area contributed by atoms with E-state index in [2.05, 4.69) is 66.0 Å². The summed E-state index contributed by atoms with van der Waals surface area (Å²) in [6.45, 7) is 7.65. The Balaban J connectivity index is 1.82. The largest absolute Gasteiger partial charge is 0.337 e. The molecule has 3 N–H and O–H groups in total. The number of carbonyl (C=O) groups excluding carboxylic acids is 1. The number of benzene rings is 1. The van der Waals surface area contributed by atoms with Gasteiger partial charge in [0.2, 0.25) is 0 Å². The van der Waals surface area contributed by atoms with Gasteiger partial charge < -0.3 is 16.0 Å². The monoisotopic (exact) mass is 354 g/mol. The van der Waals surface area contributed by atoms with Gasteiger partial charge in [-0.25, -0.2) is 4.79 Å². The second kappa shape index (κ2) is 10.6. The fourth-order valence-corrected chi connectivity index (χ4v) is 2.93. The summed E-state index contributed by atoms with van der Waals surface area (Å²) in [6, 6.07) is 14.5. The van der Waals surface area contributed by atoms with Crippen LogP contribution in [-0.2, 0) is 6.54 Å². The fourth-order valence-electron chi connectivity index (χ4n) is 2.93. The zero-order valence-corrected chi connectivity index (χ0v) is 15.9. The minimum atomic E-state index is -0.148. The number of pyridine rings is 1. The summed E-state index contributed by atoms with van der Waals surface area (Å²) in [5.41, 5.74) is 2.29. The Hall–Kier alpha value is -2.40. The molecule has 1 aromatic carbocycles. The summed E-state index contributed by atoms with van der Waals surface area (Å²) in [7, 11) is 0. The molecule has 0 bridgehead atoms. The Labute approximate surface area is 156 Å². The molecule has 0 radical (unpaired) electrons. The molecule has 2 atom stereocenters. The van der Waals surface area contributed by atoms with Gasteiger partial charge in [-0.05, 0) is 42.5 Å². The molecule has 5 nitrogen and oxygen atoms in total. The van der Waals surface area contributed by atoms with Crippen LogP contribution in [0.1, 0.15) is 44.4 Å². The van der Waals surface area contributed by atoms with Crippen molar-refractivity contribution in [2.24, 2.45) is 5.92 Å². The van der Waals surface area contributed by atoms with Crippen LogP contribution in [0.25, 0.3) is 0 Å². The van der Waals surface area contributed by atoms with E-state index in [1.807, 2.05) is 18.2 Å². The van der Waals surface area contributed by atoms with Crippen LogP contribution < -0.4 is 16.0 Å². The second-order valence-electron chi connectivity index (χ2n) is 7.04. The molecular formula is C21H30N4O. The molecule has 1 heterocycles. The van der Waals surface area contributed by atoms with Crippen LogP contribution in [0.15, 0.2) is 54.9 Å². The van der Waals surface area contributed by atoms with Crippen molar-refractivity contribution in [2.45, 2.75) is 45.8 Å². The number of urea groups is 1. The van der Waals surface area contributed by atoms with E-state index in [-0.39, 0.29) is 18.1 Å². The van der Waals surface area contributed by atoms with E-state index >= 15 is 0 Å². The predicted octanol–water partition coefficient (Wildman–Crippen LogP) is 3.65. The number of aromatic nitrogens is 1. The normalized spacial score (nSPS) is 13.2. The van der Waals surface area contributed by atoms with Crippen molar-refractivity contribution in [3.63, 3.8) is 0 Å². The predicted molar refractivity (Wildman–Crippen MR) is 106 cm³/mol. The number of amides is 2. The molecule has 1 aromatic heterocycles. The first kappa shape index (κ1) is 19.9. The molecule has 0 spiro atoms. The molecule has 0 saturated carbocycles. The van der Waals surface area contributed by atoms with E-state index in [4.69, 9.17) is 0 Å². The van der Waals surface area contributed by atoms with Gasteiger partial charge in [0, 0.05) is 37.6 Å². The minimum absolute atomic E-state index is 0.148. The van der Waals surface area contributed by atoms with Crippen molar-refractivity contribution >= 4 is 6.03 Å². The van der Waals surface area contributed by atoms with Crippen LogP contribution in [0.4, 0.5) is 4.79 Å². The lowest BCUT2D eigenvalue weighted by atomic mass is 10.0. The molecule has 0 unspecified atom stereocenters. The summed E-state index contributed by atoms with van der Waals surface area (Å²) in [6.07, 6.45) is 4.45. The van der Waals surface area contributed by atoms with Crippen LogP contribution in [0.2, 0.25) is 0 Å². The number of hydrogen-bond acceptors (Lipinski definition) is 3. The Morgan fingerprint density at radius 3 is 2.35 bits per heavy atom. The molecule has 0 aliphatic heterocycles. The van der Waals surface area contributed by atoms with Gasteiger partial charge in [-0.3, -0.25) is 4.98 Å². The van der Waals surface area contributed by atoms with E-state index in [1.54, 1.807) is 12.4 Å². The van der Waals surface area contributed by atoms with E-state index in [1.165, 1.54) is 5.56 Å². The maximum Gasteiger partial charge on any atom is 0.315 e. The van der Waals surface area contributed by atoms with Crippen LogP contribution in [0, 0.1) is 5.92 Å². The lowest BCUT2D eigenvalue weighted by Crippen LogP contribution is -2.45. The highest BCUT2D eigenvalue weighted by atomic mass is 16.2. The quantitative estimate of drug-likeness (QED) is 0.644. The third kappa shape index (κ3) is 7.23. The van der Waals surface area contributed by atoms with Crippen LogP contribution in [0.5, 0.6) is 0 Å². The lowest BCUT2D eigenvalue weighted by Gasteiger charge is -2.25. The first-order chi connectivity index (χ1) is 12.5. The number of nitrogens with zero attached hydrogens (tertiary/aromatic N) is 1. The average molecular weight is 354 g/mol. The number of rotatable bonds is 9. The van der Waals surface area contributed by atoms with Crippen molar-refractivity contribution in [1.82, 2.24) is 20.9 Å². The van der Waals surface area contributed by atoms with Crippen molar-refractivity contribution in [2.75, 3.05) is 6.54 Å². The molecular weight excluding hydrogens is 324 g/mol. The molecule has 26 heavy (non-hydrogen) atoms. The van der Waals surface area contributed by atoms with Crippen molar-refractivity contribution in [1.29, 1.82) is 0 Å². The molecule has 5 heteroatoms. The topological polar surface area (TPSA) is 66.0 Å². The van der Waals surface area contributed by atoms with E-state index in [0.29, 0.717) is 19.0 Å². The first-order valence-corrected chi connectivity index (χ1v) is 9.26. The standard InChI is InChI=1S/C21H30N4O/c1-16(2)13-20(25-17(3)19-7-5-4-6-8-19)15-24-21(26)23-14-18-9-11-22-12-10-18/h4-12,16-17,20,25H,13-15H2,1-3H3,(H2,23,24,26)/t17-,20-/m1/s1. The molecule has 0 saturated heterocycles. The number of nitrogens with one attached hydrogen (secondary N) is 3. The Kier molecular flexibility index (Phi) is 8.09. The summed E-state index contributed by atoms with van der Waals surface area (Å²) in [4.78, 5) is 16.1. The van der Waals surface area contributed by atoms with Gasteiger partial charge in [-0.1, -0.05) is 44.2 Å². The van der Waals surface area contributed by atoms with Gasteiger partial charge in [-0.15, -0.1) is 0 Å². The molecule has 2 rings (SSSR count). The fraction of sp³-hybridized carbons (Fsp3) is 0.429. The zero-order valence-electron chi connectivity index (χ0n) is 15.9. The van der Waals surface area contributed by atoms with Gasteiger partial charge >= 0.3 is 6.03 Å². The summed E-state index contributed by atoms with van der Waals surface area (Å²) in [5, 5.41) is 9.52. The summed E-state index contributed by atoms with van der Waals surface area (Å²) >= 11 is 0. The average Bonchev–Trinajstić information content (AvgIpc) is 2.65. The Morgan fingerprint density at radius 2 is 1.69 bits per heavy atom. The second-order valence-corrected chi connectivity index (χ2v) is 7.04. The zero-order chi connectivity index (χ0) is 18.8. The van der Waals surface area contributed by atoms with Crippen molar-refractivity contribution < 1.29 is 4.79 Å². The van der Waals surface area contributed by atoms with Crippen molar-refractivity contribution in [3.05, 3.63) is 66.0 Å². The van der Waals surface area contributed by atoms with Crippen molar-refractivity contribution in [3.8, 4) is 0 Å². The third-order valence-corrected chi connectivity index (χ3v) is 4.25. The maximum absolute atomic E-state index is 12.1. The highest BCUT2D eigenvalue weighted by Gasteiger charge is 2.16. The molecule has 0 aliphatic carbocycles. The molecule has 140 valence electrons. The number of hydrogen-bond donors (Lipinski definition) is 3. The smallest absolute Gasteiger partial charge is 0.315 e. The SMILES string of the molecule is CC(C)C[C@H](CNC(=O)NCc1ccncc1)N[C@H](C)c1ccccc1. The van der Waals surface area contributed by atoms with E-state index < -0.39 is 0 Å². The van der Waals surface area contributed by atoms with E-state index in [0.717, 1.165) is 12.0 Å². The molecule has 2 amide bonds. The lowest BCUT2D eigenvalue weighted by molar-refractivity contribution is 0.237. The van der Waals surface area contributed by atoms with Gasteiger partial charge in [0.1, 0.15) is 0 Å². The van der Waals surface area contributed by atoms with Crippen LogP contribution in [-0.4, -0.2) is 23.6 Å². The third-order valence-electron chi connectivity index (χ3n) is 4.25. The first-order valence-electron chi connectivity index (χ1n) is 9.26. The van der Waals surface area contributed by atoms with Gasteiger partial charge in [0.05, 0.1) is 0 Å². The highest BCUT2D eigenvalue weighted by Crippen LogP contribution is 2.14. The Morgan fingerprint density at radius 1 is 1.00 bits per heavy atom. The van der Waals surface area contributed by atoms with Gasteiger partial charge in [0.15, 0.2) is 0 Å². The van der Waals surface area contributed by atoms with Gasteiger partial charge in [-0.2, -0.15) is 0 Å². The van der Waals surface area contributed by atoms with Crippen LogP contribution >= 0.6 is 0 Å². The Bertz CT molecular complexity index is 646. The van der Waals surface area contributed by atoms with Gasteiger partial charge in [0.25, 0.3) is 0 Å². The minimum Gasteiger partial charge on any atom is -0.337 e. The summed E-state index contributed by atoms with van der Waals surface area (Å²) < 4.78 is 0. The molecule has 0 fully saturated rings. The highest BCUT2D eigenvalue weighted by molar-refractivity contribution is 5.73.